The minimum Gasteiger partial charge on any atom is -0.351 e. The summed E-state index contributed by atoms with van der Waals surface area (Å²) in [5.41, 5.74) is 4.86. The number of carbonyl (C=O) groups excluding carboxylic acids is 1. The van der Waals surface area contributed by atoms with Gasteiger partial charge in [-0.3, -0.25) is 9.36 Å². The van der Waals surface area contributed by atoms with E-state index in [4.69, 9.17) is 5.26 Å². The van der Waals surface area contributed by atoms with Crippen LogP contribution in [0.1, 0.15) is 22.3 Å². The van der Waals surface area contributed by atoms with Crippen molar-refractivity contribution < 1.29 is 4.79 Å². The lowest BCUT2D eigenvalue weighted by Gasteiger charge is -2.09. The van der Waals surface area contributed by atoms with Crippen LogP contribution in [-0.4, -0.2) is 26.4 Å². The molecule has 3 aromatic rings. The van der Waals surface area contributed by atoms with Crippen molar-refractivity contribution in [1.82, 2.24) is 20.1 Å². The number of amides is 1. The third-order valence-corrected chi connectivity index (χ3v) is 5.11. The van der Waals surface area contributed by atoms with Gasteiger partial charge in [0.1, 0.15) is 6.33 Å². The normalized spacial score (nSPS) is 10.4. The van der Waals surface area contributed by atoms with Gasteiger partial charge in [-0.15, -0.1) is 10.2 Å². The van der Waals surface area contributed by atoms with Crippen LogP contribution < -0.4 is 5.32 Å². The van der Waals surface area contributed by atoms with Crippen LogP contribution in [0.25, 0.3) is 5.69 Å². The van der Waals surface area contributed by atoms with Gasteiger partial charge in [-0.1, -0.05) is 30.0 Å². The molecule has 0 aliphatic heterocycles. The second-order valence-corrected chi connectivity index (χ2v) is 7.07. The second-order valence-electron chi connectivity index (χ2n) is 6.13. The number of nitriles is 1. The van der Waals surface area contributed by atoms with Crippen LogP contribution in [0.2, 0.25) is 0 Å². The first kappa shape index (κ1) is 18.7. The Labute approximate surface area is 162 Å². The Balaban J connectivity index is 1.59. The van der Waals surface area contributed by atoms with Crippen molar-refractivity contribution in [3.63, 3.8) is 0 Å². The molecule has 7 heteroatoms. The van der Waals surface area contributed by atoms with Crippen molar-refractivity contribution in [2.45, 2.75) is 25.5 Å². The summed E-state index contributed by atoms with van der Waals surface area (Å²) in [6.45, 7) is 4.51. The number of carbonyl (C=O) groups is 1. The summed E-state index contributed by atoms with van der Waals surface area (Å²) in [6.07, 6.45) is 1.65. The van der Waals surface area contributed by atoms with Gasteiger partial charge in [-0.2, -0.15) is 5.26 Å². The molecule has 3 rings (SSSR count). The highest BCUT2D eigenvalue weighted by Gasteiger charge is 2.11. The summed E-state index contributed by atoms with van der Waals surface area (Å²) in [5, 5.41) is 20.5. The minimum atomic E-state index is -0.100. The summed E-state index contributed by atoms with van der Waals surface area (Å²) in [7, 11) is 0. The SMILES string of the molecule is Cc1ccc(-n2cnnc2SCC(=O)NCc2cccc(C#N)c2)cc1C. The predicted molar refractivity (Wildman–Crippen MR) is 105 cm³/mol. The van der Waals surface area contributed by atoms with Crippen LogP contribution in [0.5, 0.6) is 0 Å². The number of hydrogen-bond acceptors (Lipinski definition) is 5. The van der Waals surface area contributed by atoms with E-state index in [1.807, 2.05) is 16.7 Å². The van der Waals surface area contributed by atoms with Crippen molar-refractivity contribution >= 4 is 17.7 Å². The summed E-state index contributed by atoms with van der Waals surface area (Å²) in [4.78, 5) is 12.2. The van der Waals surface area contributed by atoms with Crippen LogP contribution in [-0.2, 0) is 11.3 Å². The van der Waals surface area contributed by atoms with Gasteiger partial charge in [0.05, 0.1) is 17.4 Å². The Hall–Kier alpha value is -3.11. The highest BCUT2D eigenvalue weighted by Crippen LogP contribution is 2.21. The Morgan fingerprint density at radius 2 is 2.07 bits per heavy atom. The van der Waals surface area contributed by atoms with Crippen LogP contribution in [0.15, 0.2) is 53.9 Å². The van der Waals surface area contributed by atoms with E-state index in [0.29, 0.717) is 17.3 Å². The second kappa shape index (κ2) is 8.52. The molecule has 0 bridgehead atoms. The van der Waals surface area contributed by atoms with Crippen molar-refractivity contribution in [3.8, 4) is 11.8 Å². The molecule has 2 aromatic carbocycles. The van der Waals surface area contributed by atoms with E-state index in [0.717, 1.165) is 11.3 Å². The molecule has 0 spiro atoms. The lowest BCUT2D eigenvalue weighted by Crippen LogP contribution is -2.24. The van der Waals surface area contributed by atoms with Crippen molar-refractivity contribution in [3.05, 3.63) is 71.0 Å². The molecule has 0 saturated carbocycles. The maximum absolute atomic E-state index is 12.2. The molecular formula is C20H19N5OS. The number of thioether (sulfide) groups is 1. The Morgan fingerprint density at radius 1 is 1.22 bits per heavy atom. The fourth-order valence-electron chi connectivity index (χ4n) is 2.51. The molecule has 0 aliphatic rings. The zero-order valence-electron chi connectivity index (χ0n) is 15.1. The quantitative estimate of drug-likeness (QED) is 0.667. The number of aromatic nitrogens is 3. The fraction of sp³-hybridized carbons (Fsp3) is 0.200. The number of hydrogen-bond donors (Lipinski definition) is 1. The zero-order valence-corrected chi connectivity index (χ0v) is 16.0. The number of benzene rings is 2. The third-order valence-electron chi connectivity index (χ3n) is 4.16. The van der Waals surface area contributed by atoms with Gasteiger partial charge in [0.15, 0.2) is 5.16 Å². The maximum Gasteiger partial charge on any atom is 0.230 e. The molecule has 0 atom stereocenters. The van der Waals surface area contributed by atoms with Crippen molar-refractivity contribution in [2.24, 2.45) is 0 Å². The van der Waals surface area contributed by atoms with Gasteiger partial charge in [0.2, 0.25) is 5.91 Å². The lowest BCUT2D eigenvalue weighted by molar-refractivity contribution is -0.118. The fourth-order valence-corrected chi connectivity index (χ4v) is 3.27. The topological polar surface area (TPSA) is 83.6 Å². The lowest BCUT2D eigenvalue weighted by atomic mass is 10.1. The van der Waals surface area contributed by atoms with E-state index in [1.54, 1.807) is 24.5 Å². The van der Waals surface area contributed by atoms with E-state index in [-0.39, 0.29) is 11.7 Å². The van der Waals surface area contributed by atoms with Crippen LogP contribution in [0.4, 0.5) is 0 Å². The average molecular weight is 377 g/mol. The Bertz CT molecular complexity index is 1010. The molecule has 0 unspecified atom stereocenters. The standard InChI is InChI=1S/C20H19N5OS/c1-14-6-7-18(8-15(14)2)25-13-23-24-20(25)27-12-19(26)22-11-17-5-3-4-16(9-17)10-21/h3-9,13H,11-12H2,1-2H3,(H,22,26). The molecule has 1 aromatic heterocycles. The van der Waals surface area contributed by atoms with E-state index in [1.165, 1.54) is 22.9 Å². The summed E-state index contributed by atoms with van der Waals surface area (Å²) in [5.74, 6) is 0.138. The van der Waals surface area contributed by atoms with Gasteiger partial charge >= 0.3 is 0 Å². The highest BCUT2D eigenvalue weighted by molar-refractivity contribution is 7.99. The molecule has 1 amide bonds. The van der Waals surface area contributed by atoms with Crippen LogP contribution >= 0.6 is 11.8 Å². The first-order chi connectivity index (χ1) is 13.1. The Morgan fingerprint density at radius 3 is 2.85 bits per heavy atom. The maximum atomic E-state index is 12.2. The van der Waals surface area contributed by atoms with E-state index in [9.17, 15) is 4.79 Å². The summed E-state index contributed by atoms with van der Waals surface area (Å²) < 4.78 is 1.88. The van der Waals surface area contributed by atoms with Gasteiger partial charge in [-0.25, -0.2) is 0 Å². The van der Waals surface area contributed by atoms with Crippen molar-refractivity contribution in [1.29, 1.82) is 5.26 Å². The molecule has 1 heterocycles. The van der Waals surface area contributed by atoms with Gasteiger partial charge in [-0.05, 0) is 54.8 Å². The van der Waals surface area contributed by atoms with Crippen molar-refractivity contribution in [2.75, 3.05) is 5.75 Å². The van der Waals surface area contributed by atoms with Gasteiger partial charge in [0.25, 0.3) is 0 Å². The monoisotopic (exact) mass is 377 g/mol. The molecule has 0 aliphatic carbocycles. The number of nitrogens with one attached hydrogen (secondary N) is 1. The van der Waals surface area contributed by atoms with Gasteiger partial charge in [0, 0.05) is 12.2 Å². The molecular weight excluding hydrogens is 358 g/mol. The number of aryl methyl sites for hydroxylation is 2. The molecule has 27 heavy (non-hydrogen) atoms. The largest absolute Gasteiger partial charge is 0.351 e. The highest BCUT2D eigenvalue weighted by atomic mass is 32.2. The molecule has 0 radical (unpaired) electrons. The minimum absolute atomic E-state index is 0.100. The predicted octanol–water partition coefficient (Wildman–Crippen LogP) is 3.16. The summed E-state index contributed by atoms with van der Waals surface area (Å²) >= 11 is 1.33. The van der Waals surface area contributed by atoms with E-state index >= 15 is 0 Å². The molecule has 136 valence electrons. The summed E-state index contributed by atoms with van der Waals surface area (Å²) in [6, 6.07) is 15.4. The third kappa shape index (κ3) is 4.74. The van der Waals surface area contributed by atoms with E-state index < -0.39 is 0 Å². The smallest absolute Gasteiger partial charge is 0.230 e. The van der Waals surface area contributed by atoms with Gasteiger partial charge < -0.3 is 5.32 Å². The molecule has 0 fully saturated rings. The first-order valence-corrected chi connectivity index (χ1v) is 9.41. The average Bonchev–Trinajstić information content (AvgIpc) is 3.15. The zero-order chi connectivity index (χ0) is 19.2. The first-order valence-electron chi connectivity index (χ1n) is 8.43. The number of rotatable bonds is 6. The van der Waals surface area contributed by atoms with E-state index in [2.05, 4.69) is 47.6 Å². The Kier molecular flexibility index (Phi) is 5.89. The van der Waals surface area contributed by atoms with Crippen LogP contribution in [0.3, 0.4) is 0 Å². The molecule has 0 saturated heterocycles. The molecule has 6 nitrogen and oxygen atoms in total. The number of nitrogens with zero attached hydrogens (tertiary/aromatic N) is 4. The molecule has 1 N–H and O–H groups in total. The van der Waals surface area contributed by atoms with Crippen LogP contribution in [0, 0.1) is 25.2 Å².